The number of hydrogen-bond donors (Lipinski definition) is 2. The molecule has 8 nitrogen and oxygen atoms in total. The number of aliphatic hydroxyl groups excluding tert-OH is 1. The number of nitrogens with one attached hydrogen (secondary N) is 1. The summed E-state index contributed by atoms with van der Waals surface area (Å²) in [4.78, 5) is 40.9. The average molecular weight is 447 g/mol. The maximum atomic E-state index is 13.2. The monoisotopic (exact) mass is 447 g/mol. The number of benzene rings is 2. The molecule has 170 valence electrons. The van der Waals surface area contributed by atoms with Crippen LogP contribution in [0.5, 0.6) is 0 Å². The highest BCUT2D eigenvalue weighted by Gasteiger charge is 2.35. The second-order valence-electron chi connectivity index (χ2n) is 7.89. The molecule has 0 fully saturated rings. The summed E-state index contributed by atoms with van der Waals surface area (Å²) in [5.74, 6) is -0.403. The third kappa shape index (κ3) is 4.38. The smallest absolute Gasteiger partial charge is 0.294 e. The van der Waals surface area contributed by atoms with Crippen LogP contribution in [0.15, 0.2) is 65.3 Å². The van der Waals surface area contributed by atoms with Crippen molar-refractivity contribution in [1.29, 1.82) is 0 Å². The zero-order chi connectivity index (χ0) is 23.5. The molecule has 0 bridgehead atoms. The van der Waals surface area contributed by atoms with Crippen LogP contribution in [-0.4, -0.2) is 48.6 Å². The van der Waals surface area contributed by atoms with Crippen LogP contribution in [0.25, 0.3) is 11.1 Å². The van der Waals surface area contributed by atoms with Gasteiger partial charge in [-0.1, -0.05) is 18.2 Å². The Labute approximate surface area is 191 Å². The number of carbonyl (C=O) groups is 3. The van der Waals surface area contributed by atoms with Gasteiger partial charge in [0.1, 0.15) is 0 Å². The Bertz CT molecular complexity index is 1170. The zero-order valence-corrected chi connectivity index (χ0v) is 18.4. The Kier molecular flexibility index (Phi) is 6.28. The van der Waals surface area contributed by atoms with E-state index in [4.69, 9.17) is 9.52 Å². The van der Waals surface area contributed by atoms with Crippen LogP contribution in [-0.2, 0) is 4.79 Å². The van der Waals surface area contributed by atoms with E-state index in [0.29, 0.717) is 23.5 Å². The minimum atomic E-state index is -0.274. The molecule has 3 amide bonds. The largest absolute Gasteiger partial charge is 0.459 e. The lowest BCUT2D eigenvalue weighted by atomic mass is 9.99. The van der Waals surface area contributed by atoms with Crippen molar-refractivity contribution < 1.29 is 23.9 Å². The van der Waals surface area contributed by atoms with Gasteiger partial charge in [-0.3, -0.25) is 14.4 Å². The molecule has 4 rings (SSSR count). The van der Waals surface area contributed by atoms with Gasteiger partial charge < -0.3 is 24.6 Å². The van der Waals surface area contributed by atoms with Crippen molar-refractivity contribution in [2.45, 2.75) is 19.9 Å². The van der Waals surface area contributed by atoms with E-state index in [1.165, 1.54) is 13.2 Å². The molecule has 0 saturated carbocycles. The molecule has 33 heavy (non-hydrogen) atoms. The van der Waals surface area contributed by atoms with Crippen molar-refractivity contribution in [2.24, 2.45) is 0 Å². The van der Waals surface area contributed by atoms with Crippen molar-refractivity contribution in [3.63, 3.8) is 0 Å². The standard InChI is InChI=1S/C25H25N3O5/c1-16-15-27(25(32)23-4-3-13-33-23)22-14-20(9-10-21(22)28(16)17(2)30)18-5-7-19(8-6-18)24(31)26-11-12-29/h3-10,13-14,16,29H,11-12,15H2,1-2H3,(H,26,31). The summed E-state index contributed by atoms with van der Waals surface area (Å²) in [6.07, 6.45) is 1.46. The fourth-order valence-corrected chi connectivity index (χ4v) is 4.10. The van der Waals surface area contributed by atoms with Gasteiger partial charge in [0.25, 0.3) is 11.8 Å². The van der Waals surface area contributed by atoms with Crippen molar-refractivity contribution in [3.8, 4) is 11.1 Å². The number of amides is 3. The lowest BCUT2D eigenvalue weighted by molar-refractivity contribution is -0.117. The molecule has 1 unspecified atom stereocenters. The fraction of sp³-hybridized carbons (Fsp3) is 0.240. The number of nitrogens with zero attached hydrogens (tertiary/aromatic N) is 2. The first-order valence-electron chi connectivity index (χ1n) is 10.7. The summed E-state index contributed by atoms with van der Waals surface area (Å²) in [5, 5.41) is 11.5. The molecule has 1 aliphatic heterocycles. The van der Waals surface area contributed by atoms with Crippen LogP contribution in [0.4, 0.5) is 11.4 Å². The Morgan fingerprint density at radius 1 is 1.06 bits per heavy atom. The molecule has 1 aromatic heterocycles. The van der Waals surface area contributed by atoms with Gasteiger partial charge >= 0.3 is 0 Å². The molecule has 0 spiro atoms. The topological polar surface area (TPSA) is 103 Å². The Hall–Kier alpha value is -3.91. The van der Waals surface area contributed by atoms with Crippen LogP contribution in [0.2, 0.25) is 0 Å². The maximum Gasteiger partial charge on any atom is 0.294 e. The molecule has 1 aliphatic rings. The maximum absolute atomic E-state index is 13.2. The van der Waals surface area contributed by atoms with E-state index in [0.717, 1.165) is 11.1 Å². The predicted molar refractivity (Wildman–Crippen MR) is 124 cm³/mol. The van der Waals surface area contributed by atoms with Gasteiger partial charge in [-0.25, -0.2) is 0 Å². The van der Waals surface area contributed by atoms with E-state index in [1.54, 1.807) is 34.1 Å². The number of hydrogen-bond acceptors (Lipinski definition) is 5. The molecule has 1 atom stereocenters. The summed E-state index contributed by atoms with van der Waals surface area (Å²) in [5.41, 5.74) is 3.45. The molecule has 8 heteroatoms. The summed E-state index contributed by atoms with van der Waals surface area (Å²) in [6.45, 7) is 3.82. The van der Waals surface area contributed by atoms with Crippen LogP contribution in [0.1, 0.15) is 34.8 Å². The number of anilines is 2. The van der Waals surface area contributed by atoms with E-state index >= 15 is 0 Å². The molecule has 0 radical (unpaired) electrons. The average Bonchev–Trinajstić information content (AvgIpc) is 3.36. The first-order chi connectivity index (χ1) is 15.9. The molecule has 2 heterocycles. The molecular formula is C25H25N3O5. The van der Waals surface area contributed by atoms with Crippen molar-refractivity contribution in [2.75, 3.05) is 29.5 Å². The van der Waals surface area contributed by atoms with E-state index in [-0.39, 0.29) is 42.7 Å². The van der Waals surface area contributed by atoms with Crippen molar-refractivity contribution >= 4 is 29.1 Å². The van der Waals surface area contributed by atoms with E-state index in [1.807, 2.05) is 37.3 Å². The van der Waals surface area contributed by atoms with Gasteiger partial charge in [-0.2, -0.15) is 0 Å². The van der Waals surface area contributed by atoms with Gasteiger partial charge in [0.15, 0.2) is 5.76 Å². The number of furan rings is 1. The van der Waals surface area contributed by atoms with Crippen LogP contribution < -0.4 is 15.1 Å². The number of fused-ring (bicyclic) bond motifs is 1. The number of carbonyl (C=O) groups excluding carboxylic acids is 3. The minimum absolute atomic E-state index is 0.0974. The Balaban J connectivity index is 1.72. The third-order valence-electron chi connectivity index (χ3n) is 5.61. The highest BCUT2D eigenvalue weighted by Crippen LogP contribution is 2.39. The first-order valence-corrected chi connectivity index (χ1v) is 10.7. The minimum Gasteiger partial charge on any atom is -0.459 e. The molecule has 0 saturated heterocycles. The molecule has 0 aliphatic carbocycles. The van der Waals surface area contributed by atoms with Gasteiger partial charge in [-0.15, -0.1) is 0 Å². The molecule has 2 N–H and O–H groups in total. The van der Waals surface area contributed by atoms with E-state index < -0.39 is 0 Å². The molecule has 2 aromatic carbocycles. The SMILES string of the molecule is CC(=O)N1c2ccc(-c3ccc(C(=O)NCCO)cc3)cc2N(C(=O)c2ccco2)CC1C. The Morgan fingerprint density at radius 3 is 2.42 bits per heavy atom. The van der Waals surface area contributed by atoms with Gasteiger partial charge in [-0.05, 0) is 54.4 Å². The zero-order valence-electron chi connectivity index (χ0n) is 18.4. The van der Waals surface area contributed by atoms with Gasteiger partial charge in [0.05, 0.1) is 30.3 Å². The molecular weight excluding hydrogens is 422 g/mol. The fourth-order valence-electron chi connectivity index (χ4n) is 4.10. The normalized spacial score (nSPS) is 15.2. The van der Waals surface area contributed by atoms with Gasteiger partial charge in [0.2, 0.25) is 5.91 Å². The van der Waals surface area contributed by atoms with Crippen molar-refractivity contribution in [3.05, 3.63) is 72.2 Å². The van der Waals surface area contributed by atoms with E-state index in [2.05, 4.69) is 5.32 Å². The van der Waals surface area contributed by atoms with Crippen molar-refractivity contribution in [1.82, 2.24) is 5.32 Å². The quantitative estimate of drug-likeness (QED) is 0.626. The van der Waals surface area contributed by atoms with Crippen LogP contribution >= 0.6 is 0 Å². The number of aliphatic hydroxyl groups is 1. The highest BCUT2D eigenvalue weighted by atomic mass is 16.3. The van der Waals surface area contributed by atoms with Gasteiger partial charge in [0, 0.05) is 25.6 Å². The van der Waals surface area contributed by atoms with Crippen LogP contribution in [0, 0.1) is 0 Å². The van der Waals surface area contributed by atoms with Crippen LogP contribution in [0.3, 0.4) is 0 Å². The summed E-state index contributed by atoms with van der Waals surface area (Å²) in [6, 6.07) is 15.7. The highest BCUT2D eigenvalue weighted by molar-refractivity contribution is 6.10. The molecule has 3 aromatic rings. The second kappa shape index (κ2) is 9.30. The number of rotatable bonds is 5. The summed E-state index contributed by atoms with van der Waals surface area (Å²) in [7, 11) is 0. The lowest BCUT2D eigenvalue weighted by Crippen LogP contribution is -2.51. The summed E-state index contributed by atoms with van der Waals surface area (Å²) < 4.78 is 5.33. The second-order valence-corrected chi connectivity index (χ2v) is 7.89. The Morgan fingerprint density at radius 2 is 1.79 bits per heavy atom. The third-order valence-corrected chi connectivity index (χ3v) is 5.61. The lowest BCUT2D eigenvalue weighted by Gasteiger charge is -2.40. The first kappa shape index (κ1) is 22.3. The predicted octanol–water partition coefficient (Wildman–Crippen LogP) is 3.07. The van der Waals surface area contributed by atoms with E-state index in [9.17, 15) is 14.4 Å². The summed E-state index contributed by atoms with van der Waals surface area (Å²) >= 11 is 0.